The number of carbonyl (C=O) groups is 1. The Kier molecular flexibility index (Phi) is 4.68. The molecule has 2 N–H and O–H groups in total. The summed E-state index contributed by atoms with van der Waals surface area (Å²) in [6.07, 6.45) is 1.59. The van der Waals surface area contributed by atoms with Crippen LogP contribution in [0.4, 0.5) is 0 Å². The molecule has 2 rings (SSSR count). The second-order valence-electron chi connectivity index (χ2n) is 4.47. The van der Waals surface area contributed by atoms with Crippen LogP contribution in [0.15, 0.2) is 48.2 Å². The number of carbonyl (C=O) groups excluding carboxylic acids is 1. The lowest BCUT2D eigenvalue weighted by atomic mass is 10.1. The smallest absolute Gasteiger partial charge is 0.231 e. The van der Waals surface area contributed by atoms with Gasteiger partial charge in [0.05, 0.1) is 19.8 Å². The van der Waals surface area contributed by atoms with E-state index in [0.29, 0.717) is 0 Å². The van der Waals surface area contributed by atoms with Crippen molar-refractivity contribution in [2.45, 2.75) is 0 Å². The van der Waals surface area contributed by atoms with Gasteiger partial charge < -0.3 is 19.7 Å². The van der Waals surface area contributed by atoms with Gasteiger partial charge in [-0.1, -0.05) is 30.3 Å². The number of ketones is 1. The van der Waals surface area contributed by atoms with Gasteiger partial charge in [-0.3, -0.25) is 4.79 Å². The molecular formula is C17H16O5. The summed E-state index contributed by atoms with van der Waals surface area (Å²) < 4.78 is 10.2. The second-order valence-corrected chi connectivity index (χ2v) is 4.47. The molecule has 0 fully saturated rings. The topological polar surface area (TPSA) is 76.0 Å². The van der Waals surface area contributed by atoms with Crippen molar-refractivity contribution >= 4 is 11.9 Å². The SMILES string of the molecule is COC(=Cc1ccccc1)C(=O)c1ccc(O)c(O)c1OC. The largest absolute Gasteiger partial charge is 0.504 e. The van der Waals surface area contributed by atoms with Crippen molar-refractivity contribution in [3.05, 3.63) is 59.4 Å². The van der Waals surface area contributed by atoms with E-state index >= 15 is 0 Å². The molecular weight excluding hydrogens is 284 g/mol. The van der Waals surface area contributed by atoms with Crippen molar-refractivity contribution in [2.24, 2.45) is 0 Å². The highest BCUT2D eigenvalue weighted by Gasteiger charge is 2.22. The van der Waals surface area contributed by atoms with E-state index in [0.717, 1.165) is 5.56 Å². The zero-order valence-electron chi connectivity index (χ0n) is 12.2. The third kappa shape index (κ3) is 3.03. The Morgan fingerprint density at radius 2 is 1.73 bits per heavy atom. The Morgan fingerprint density at radius 3 is 2.32 bits per heavy atom. The number of allylic oxidation sites excluding steroid dienone is 1. The molecule has 0 atom stereocenters. The Hall–Kier alpha value is -2.95. The van der Waals surface area contributed by atoms with Crippen LogP contribution in [0.3, 0.4) is 0 Å². The number of aromatic hydroxyl groups is 2. The molecule has 0 aliphatic carbocycles. The Labute approximate surface area is 128 Å². The van der Waals surface area contributed by atoms with E-state index in [1.165, 1.54) is 26.4 Å². The van der Waals surface area contributed by atoms with Crippen molar-refractivity contribution in [1.82, 2.24) is 0 Å². The van der Waals surface area contributed by atoms with E-state index in [-0.39, 0.29) is 22.8 Å². The number of Topliss-reactive ketones (excluding diaryl/α,β-unsaturated/α-hetero) is 1. The van der Waals surface area contributed by atoms with Crippen LogP contribution in [0.5, 0.6) is 17.2 Å². The maximum atomic E-state index is 12.6. The summed E-state index contributed by atoms with van der Waals surface area (Å²) in [6, 6.07) is 11.8. The van der Waals surface area contributed by atoms with Crippen LogP contribution in [0.2, 0.25) is 0 Å². The van der Waals surface area contributed by atoms with E-state index in [2.05, 4.69) is 0 Å². The van der Waals surface area contributed by atoms with Gasteiger partial charge in [-0.15, -0.1) is 0 Å². The standard InChI is InChI=1S/C17H16O5/c1-21-14(10-11-6-4-3-5-7-11)15(19)12-8-9-13(18)16(20)17(12)22-2/h3-10,18,20H,1-2H3. The minimum Gasteiger partial charge on any atom is -0.504 e. The van der Waals surface area contributed by atoms with Gasteiger partial charge in [-0.2, -0.15) is 0 Å². The average Bonchev–Trinajstić information content (AvgIpc) is 2.55. The average molecular weight is 300 g/mol. The highest BCUT2D eigenvalue weighted by atomic mass is 16.5. The minimum atomic E-state index is -0.483. The molecule has 0 saturated heterocycles. The number of phenols is 2. The van der Waals surface area contributed by atoms with Gasteiger partial charge in [0, 0.05) is 0 Å². The maximum Gasteiger partial charge on any atom is 0.231 e. The van der Waals surface area contributed by atoms with Crippen LogP contribution in [0.1, 0.15) is 15.9 Å². The summed E-state index contributed by atoms with van der Waals surface area (Å²) in [5.41, 5.74) is 0.900. The first-order valence-corrected chi connectivity index (χ1v) is 6.52. The monoisotopic (exact) mass is 300 g/mol. The minimum absolute atomic E-state index is 0.0922. The number of hydrogen-bond acceptors (Lipinski definition) is 5. The molecule has 22 heavy (non-hydrogen) atoms. The summed E-state index contributed by atoms with van der Waals surface area (Å²) in [7, 11) is 2.69. The van der Waals surface area contributed by atoms with Crippen LogP contribution in [0, 0.1) is 0 Å². The summed E-state index contributed by atoms with van der Waals surface area (Å²) >= 11 is 0. The molecule has 0 heterocycles. The number of hydrogen-bond donors (Lipinski definition) is 2. The molecule has 0 spiro atoms. The molecule has 114 valence electrons. The van der Waals surface area contributed by atoms with Crippen LogP contribution in [-0.2, 0) is 4.74 Å². The molecule has 0 aliphatic rings. The molecule has 0 saturated carbocycles. The van der Waals surface area contributed by atoms with Gasteiger partial charge in [0.25, 0.3) is 0 Å². The van der Waals surface area contributed by atoms with Crippen molar-refractivity contribution in [3.63, 3.8) is 0 Å². The van der Waals surface area contributed by atoms with E-state index < -0.39 is 11.5 Å². The van der Waals surface area contributed by atoms with Crippen molar-refractivity contribution < 1.29 is 24.5 Å². The normalized spacial score (nSPS) is 11.1. The fourth-order valence-electron chi connectivity index (χ4n) is 2.00. The third-order valence-corrected chi connectivity index (χ3v) is 3.10. The van der Waals surface area contributed by atoms with Gasteiger partial charge in [0.2, 0.25) is 11.5 Å². The lowest BCUT2D eigenvalue weighted by Gasteiger charge is -2.12. The summed E-state index contributed by atoms with van der Waals surface area (Å²) in [5.74, 6) is -1.31. The van der Waals surface area contributed by atoms with E-state index in [9.17, 15) is 15.0 Å². The molecule has 2 aromatic rings. The van der Waals surface area contributed by atoms with Crippen LogP contribution in [-0.4, -0.2) is 30.2 Å². The highest BCUT2D eigenvalue weighted by molar-refractivity contribution is 6.12. The first-order chi connectivity index (χ1) is 10.6. The van der Waals surface area contributed by atoms with E-state index in [1.54, 1.807) is 6.08 Å². The molecule has 2 aromatic carbocycles. The second kappa shape index (κ2) is 6.67. The van der Waals surface area contributed by atoms with Gasteiger partial charge in [0.15, 0.2) is 17.3 Å². The quantitative estimate of drug-likeness (QED) is 0.384. The predicted molar refractivity (Wildman–Crippen MR) is 82.1 cm³/mol. The van der Waals surface area contributed by atoms with Gasteiger partial charge >= 0.3 is 0 Å². The molecule has 5 nitrogen and oxygen atoms in total. The molecule has 0 aliphatic heterocycles. The maximum absolute atomic E-state index is 12.6. The zero-order valence-corrected chi connectivity index (χ0v) is 12.2. The van der Waals surface area contributed by atoms with Crippen LogP contribution >= 0.6 is 0 Å². The Morgan fingerprint density at radius 1 is 1.05 bits per heavy atom. The van der Waals surface area contributed by atoms with Gasteiger partial charge in [-0.25, -0.2) is 0 Å². The molecule has 0 amide bonds. The van der Waals surface area contributed by atoms with E-state index in [1.807, 2.05) is 30.3 Å². The van der Waals surface area contributed by atoms with Crippen LogP contribution in [0.25, 0.3) is 6.08 Å². The first-order valence-electron chi connectivity index (χ1n) is 6.52. The molecule has 0 radical (unpaired) electrons. The number of methoxy groups -OCH3 is 2. The van der Waals surface area contributed by atoms with E-state index in [4.69, 9.17) is 9.47 Å². The zero-order chi connectivity index (χ0) is 16.1. The van der Waals surface area contributed by atoms with Crippen molar-refractivity contribution in [2.75, 3.05) is 14.2 Å². The number of benzene rings is 2. The Bertz CT molecular complexity index is 704. The molecule has 5 heteroatoms. The number of phenolic OH excluding ortho intramolecular Hbond substituents is 2. The van der Waals surface area contributed by atoms with Crippen LogP contribution < -0.4 is 4.74 Å². The third-order valence-electron chi connectivity index (χ3n) is 3.10. The summed E-state index contributed by atoms with van der Waals surface area (Å²) in [5, 5.41) is 19.3. The number of rotatable bonds is 5. The van der Waals surface area contributed by atoms with Gasteiger partial charge in [-0.05, 0) is 23.8 Å². The highest BCUT2D eigenvalue weighted by Crippen LogP contribution is 2.38. The van der Waals surface area contributed by atoms with Crippen molar-refractivity contribution in [3.8, 4) is 17.2 Å². The molecule has 0 aromatic heterocycles. The molecule has 0 unspecified atom stereocenters. The summed E-state index contributed by atoms with van der Waals surface area (Å²) in [6.45, 7) is 0. The predicted octanol–water partition coefficient (Wildman–Crippen LogP) is 2.98. The lowest BCUT2D eigenvalue weighted by Crippen LogP contribution is -2.07. The number of ether oxygens (including phenoxy) is 2. The fraction of sp³-hybridized carbons (Fsp3) is 0.118. The molecule has 0 bridgehead atoms. The van der Waals surface area contributed by atoms with Gasteiger partial charge in [0.1, 0.15) is 0 Å². The van der Waals surface area contributed by atoms with Crippen molar-refractivity contribution in [1.29, 1.82) is 0 Å². The Balaban J connectivity index is 2.46. The summed E-state index contributed by atoms with van der Waals surface area (Å²) in [4.78, 5) is 12.6. The first kappa shape index (κ1) is 15.4. The lowest BCUT2D eigenvalue weighted by molar-refractivity contribution is 0.0953. The fourth-order valence-corrected chi connectivity index (χ4v) is 2.00.